The third-order valence-corrected chi connectivity index (χ3v) is 4.81. The number of benzene rings is 1. The highest BCUT2D eigenvalue weighted by Gasteiger charge is 2.32. The van der Waals surface area contributed by atoms with E-state index in [2.05, 4.69) is 9.72 Å². The number of hydrogen-bond donors (Lipinski definition) is 2. The van der Waals surface area contributed by atoms with Gasteiger partial charge in [-0.15, -0.1) is 13.2 Å². The van der Waals surface area contributed by atoms with Crippen molar-refractivity contribution in [2.75, 3.05) is 13.1 Å². The first-order chi connectivity index (χ1) is 14.7. The standard InChI is InChI=1S/C21H23F3N4O3/c22-21(23,24)31-18-7-5-17(6-8-18)30-19-9-4-14(11-27-19)15-12-28(13-15)20(29)3-1-2-16(26)10-25/h4-11,15H,1-3,12-13,25-26H2/b16-10-. The molecule has 2 heterocycles. The molecule has 0 atom stereocenters. The number of aromatic nitrogens is 1. The Labute approximate surface area is 177 Å². The summed E-state index contributed by atoms with van der Waals surface area (Å²) in [6.45, 7) is 1.26. The highest BCUT2D eigenvalue weighted by Crippen LogP contribution is 2.30. The van der Waals surface area contributed by atoms with Crippen LogP contribution in [0.4, 0.5) is 13.2 Å². The molecule has 0 unspecified atom stereocenters. The van der Waals surface area contributed by atoms with Crippen molar-refractivity contribution >= 4 is 5.91 Å². The van der Waals surface area contributed by atoms with Gasteiger partial charge in [0, 0.05) is 49.6 Å². The van der Waals surface area contributed by atoms with Crippen LogP contribution in [0.25, 0.3) is 0 Å². The number of alkyl halides is 3. The monoisotopic (exact) mass is 436 g/mol. The maximum Gasteiger partial charge on any atom is 0.573 e. The second-order valence-electron chi connectivity index (χ2n) is 7.14. The average Bonchev–Trinajstić information content (AvgIpc) is 2.68. The summed E-state index contributed by atoms with van der Waals surface area (Å²) in [5, 5.41) is 0. The van der Waals surface area contributed by atoms with Crippen molar-refractivity contribution in [3.8, 4) is 17.4 Å². The van der Waals surface area contributed by atoms with Gasteiger partial charge < -0.3 is 25.8 Å². The van der Waals surface area contributed by atoms with E-state index < -0.39 is 6.36 Å². The van der Waals surface area contributed by atoms with Crippen molar-refractivity contribution in [1.82, 2.24) is 9.88 Å². The molecule has 0 bridgehead atoms. The second kappa shape index (κ2) is 9.59. The molecule has 1 saturated heterocycles. The lowest BCUT2D eigenvalue weighted by Crippen LogP contribution is -2.48. The lowest BCUT2D eigenvalue weighted by atomic mass is 9.92. The predicted octanol–water partition coefficient (Wildman–Crippen LogP) is 3.63. The first-order valence-electron chi connectivity index (χ1n) is 9.67. The van der Waals surface area contributed by atoms with Crippen LogP contribution in [-0.4, -0.2) is 35.2 Å². The molecule has 4 N–H and O–H groups in total. The highest BCUT2D eigenvalue weighted by atomic mass is 19.4. The summed E-state index contributed by atoms with van der Waals surface area (Å²) in [5.74, 6) is 0.614. The van der Waals surface area contributed by atoms with Crippen LogP contribution in [0.15, 0.2) is 54.5 Å². The van der Waals surface area contributed by atoms with E-state index >= 15 is 0 Å². The van der Waals surface area contributed by atoms with Gasteiger partial charge in [0.15, 0.2) is 0 Å². The Bertz CT molecular complexity index is 909. The van der Waals surface area contributed by atoms with E-state index in [0.29, 0.717) is 49.7 Å². The summed E-state index contributed by atoms with van der Waals surface area (Å²) in [6.07, 6.45) is -0.0204. The molecule has 2 aromatic rings. The molecule has 0 aliphatic carbocycles. The Morgan fingerprint density at radius 1 is 1.13 bits per heavy atom. The average molecular weight is 436 g/mol. The SMILES string of the molecule is N/C=C(\N)CCCC(=O)N1CC(c2ccc(Oc3ccc(OC(F)(F)F)cc3)nc2)C1. The van der Waals surface area contributed by atoms with Crippen LogP contribution >= 0.6 is 0 Å². The number of hydrogen-bond acceptors (Lipinski definition) is 6. The van der Waals surface area contributed by atoms with Gasteiger partial charge in [-0.2, -0.15) is 0 Å². The summed E-state index contributed by atoms with van der Waals surface area (Å²) in [6, 6.07) is 8.60. The number of likely N-dealkylation sites (tertiary alicyclic amines) is 1. The van der Waals surface area contributed by atoms with Crippen LogP contribution in [0.2, 0.25) is 0 Å². The molecule has 10 heteroatoms. The van der Waals surface area contributed by atoms with Crippen molar-refractivity contribution in [3.05, 3.63) is 60.1 Å². The third kappa shape index (κ3) is 6.53. The van der Waals surface area contributed by atoms with Crippen LogP contribution in [0.3, 0.4) is 0 Å². The van der Waals surface area contributed by atoms with Gasteiger partial charge in [0.05, 0.1) is 0 Å². The molecule has 1 aliphatic heterocycles. The molecule has 0 saturated carbocycles. The van der Waals surface area contributed by atoms with E-state index in [4.69, 9.17) is 16.2 Å². The molecule has 0 radical (unpaired) electrons. The number of rotatable bonds is 8. The van der Waals surface area contributed by atoms with Gasteiger partial charge in [0.1, 0.15) is 11.5 Å². The van der Waals surface area contributed by atoms with Crippen molar-refractivity contribution < 1.29 is 27.4 Å². The lowest BCUT2D eigenvalue weighted by Gasteiger charge is -2.39. The fraction of sp³-hybridized carbons (Fsp3) is 0.333. The Kier molecular flexibility index (Phi) is 6.88. The first kappa shape index (κ1) is 22.3. The van der Waals surface area contributed by atoms with Gasteiger partial charge in [-0.1, -0.05) is 6.07 Å². The topological polar surface area (TPSA) is 104 Å². The van der Waals surface area contributed by atoms with E-state index in [1.54, 1.807) is 17.2 Å². The normalized spacial score (nSPS) is 14.8. The van der Waals surface area contributed by atoms with E-state index in [-0.39, 0.29) is 17.6 Å². The minimum Gasteiger partial charge on any atom is -0.439 e. The summed E-state index contributed by atoms with van der Waals surface area (Å²) in [7, 11) is 0. The fourth-order valence-electron chi connectivity index (χ4n) is 3.10. The molecular weight excluding hydrogens is 413 g/mol. The van der Waals surface area contributed by atoms with E-state index in [1.807, 2.05) is 6.07 Å². The molecule has 1 fully saturated rings. The van der Waals surface area contributed by atoms with Gasteiger partial charge in [-0.25, -0.2) is 4.98 Å². The number of halogens is 3. The van der Waals surface area contributed by atoms with Crippen LogP contribution < -0.4 is 20.9 Å². The van der Waals surface area contributed by atoms with Crippen LogP contribution in [0, 0.1) is 0 Å². The van der Waals surface area contributed by atoms with Crippen molar-refractivity contribution in [2.45, 2.75) is 31.5 Å². The minimum absolute atomic E-state index is 0.0898. The predicted molar refractivity (Wildman–Crippen MR) is 107 cm³/mol. The zero-order chi connectivity index (χ0) is 22.4. The molecule has 31 heavy (non-hydrogen) atoms. The van der Waals surface area contributed by atoms with Gasteiger partial charge in [-0.3, -0.25) is 4.79 Å². The van der Waals surface area contributed by atoms with Gasteiger partial charge in [0.2, 0.25) is 11.8 Å². The van der Waals surface area contributed by atoms with E-state index in [1.165, 1.54) is 18.3 Å². The Morgan fingerprint density at radius 3 is 2.39 bits per heavy atom. The second-order valence-corrected chi connectivity index (χ2v) is 7.14. The Morgan fingerprint density at radius 2 is 1.81 bits per heavy atom. The summed E-state index contributed by atoms with van der Waals surface area (Å²) in [5.41, 5.74) is 12.5. The number of ether oxygens (including phenoxy) is 2. The number of nitrogens with zero attached hydrogens (tertiary/aromatic N) is 2. The van der Waals surface area contributed by atoms with E-state index in [9.17, 15) is 18.0 Å². The molecular formula is C21H23F3N4O3. The largest absolute Gasteiger partial charge is 0.573 e. The Hall–Kier alpha value is -3.43. The molecule has 1 amide bonds. The maximum atomic E-state index is 12.2. The van der Waals surface area contributed by atoms with E-state index in [0.717, 1.165) is 17.7 Å². The molecule has 7 nitrogen and oxygen atoms in total. The maximum absolute atomic E-state index is 12.2. The zero-order valence-corrected chi connectivity index (χ0v) is 16.6. The lowest BCUT2D eigenvalue weighted by molar-refractivity contribution is -0.274. The van der Waals surface area contributed by atoms with Crippen LogP contribution in [-0.2, 0) is 4.79 Å². The zero-order valence-electron chi connectivity index (χ0n) is 16.6. The van der Waals surface area contributed by atoms with Crippen LogP contribution in [0.5, 0.6) is 17.4 Å². The van der Waals surface area contributed by atoms with Crippen molar-refractivity contribution in [3.63, 3.8) is 0 Å². The van der Waals surface area contributed by atoms with Crippen molar-refractivity contribution in [2.24, 2.45) is 11.5 Å². The first-order valence-corrected chi connectivity index (χ1v) is 9.67. The van der Waals surface area contributed by atoms with Gasteiger partial charge in [0.25, 0.3) is 0 Å². The summed E-state index contributed by atoms with van der Waals surface area (Å²) < 4.78 is 46.0. The third-order valence-electron chi connectivity index (χ3n) is 4.81. The number of amides is 1. The number of pyridine rings is 1. The molecule has 1 aromatic heterocycles. The molecule has 1 aromatic carbocycles. The smallest absolute Gasteiger partial charge is 0.439 e. The molecule has 3 rings (SSSR count). The molecule has 1 aliphatic rings. The van der Waals surface area contributed by atoms with Gasteiger partial charge >= 0.3 is 6.36 Å². The van der Waals surface area contributed by atoms with Crippen LogP contribution in [0.1, 0.15) is 30.7 Å². The summed E-state index contributed by atoms with van der Waals surface area (Å²) in [4.78, 5) is 18.2. The number of allylic oxidation sites excluding steroid dienone is 1. The van der Waals surface area contributed by atoms with Gasteiger partial charge in [-0.05, 0) is 42.7 Å². The molecule has 0 spiro atoms. The number of nitrogens with two attached hydrogens (primary N) is 2. The molecule has 166 valence electrons. The number of carbonyl (C=O) groups excluding carboxylic acids is 1. The number of carbonyl (C=O) groups is 1. The quantitative estimate of drug-likeness (QED) is 0.655. The minimum atomic E-state index is -4.74. The van der Waals surface area contributed by atoms with Crippen molar-refractivity contribution in [1.29, 1.82) is 0 Å². The summed E-state index contributed by atoms with van der Waals surface area (Å²) >= 11 is 0. The highest BCUT2D eigenvalue weighted by molar-refractivity contribution is 5.77. The Balaban J connectivity index is 1.45. The fourth-order valence-corrected chi connectivity index (χ4v) is 3.10.